The third kappa shape index (κ3) is 4.40. The van der Waals surface area contributed by atoms with Crippen LogP contribution in [-0.4, -0.2) is 17.0 Å². The fraction of sp³-hybridized carbons (Fsp3) is 0.600. The van der Waals surface area contributed by atoms with Gasteiger partial charge in [-0.25, -0.2) is 0 Å². The molecule has 0 bridgehead atoms. The van der Waals surface area contributed by atoms with Gasteiger partial charge in [0.25, 0.3) is 0 Å². The smallest absolute Gasteiger partial charge is 0.549 e. The largest absolute Gasteiger partial charge is 1.00 e. The van der Waals surface area contributed by atoms with Crippen molar-refractivity contribution in [1.82, 2.24) is 0 Å². The summed E-state index contributed by atoms with van der Waals surface area (Å²) < 4.78 is 0. The molecule has 0 amide bonds. The Bertz CT molecular complexity index is 120. The summed E-state index contributed by atoms with van der Waals surface area (Å²) >= 11 is 0. The number of hydrogen-bond acceptors (Lipinski definition) is 3. The average molecular weight is 170 g/mol. The molecule has 0 aliphatic heterocycles. The summed E-state index contributed by atoms with van der Waals surface area (Å²) in [6.45, 7) is 1.48. The number of carbonyl (C=O) groups is 2. The van der Waals surface area contributed by atoms with Crippen molar-refractivity contribution in [2.75, 3.05) is 0 Å². The third-order valence-electron chi connectivity index (χ3n) is 0.991. The van der Waals surface area contributed by atoms with Gasteiger partial charge in [-0.3, -0.25) is 4.79 Å². The van der Waals surface area contributed by atoms with E-state index in [0.717, 1.165) is 0 Å². The Morgan fingerprint density at radius 3 is 2.00 bits per heavy atom. The molecule has 5 heteroatoms. The summed E-state index contributed by atoms with van der Waals surface area (Å²) in [4.78, 5) is 19.8. The van der Waals surface area contributed by atoms with Gasteiger partial charge >= 0.3 is 57.4 Å². The molecule has 0 aromatic heterocycles. The Hall–Kier alpha value is 0.576. The van der Waals surface area contributed by atoms with Crippen LogP contribution in [0.3, 0.4) is 0 Å². The SMILES string of the molecule is CCC(C(=O)[O-])C(=O)O.[K+]. The standard InChI is InChI=1S/C5H8O4.K/c1-2-3(4(6)7)5(8)9;/h3H,2H2,1H3,(H,6,7)(H,8,9);/q;+1/p-1. The van der Waals surface area contributed by atoms with E-state index in [2.05, 4.69) is 0 Å². The van der Waals surface area contributed by atoms with Gasteiger partial charge in [0.05, 0.1) is 11.9 Å². The number of carbonyl (C=O) groups excluding carboxylic acids is 1. The normalized spacial score (nSPS) is 11.3. The minimum Gasteiger partial charge on any atom is -0.549 e. The minimum atomic E-state index is -1.52. The second-order valence-corrected chi connectivity index (χ2v) is 1.62. The van der Waals surface area contributed by atoms with Gasteiger partial charge in [0, 0.05) is 0 Å². The van der Waals surface area contributed by atoms with E-state index in [-0.39, 0.29) is 57.8 Å². The van der Waals surface area contributed by atoms with E-state index in [1.807, 2.05) is 0 Å². The second-order valence-electron chi connectivity index (χ2n) is 1.62. The van der Waals surface area contributed by atoms with E-state index in [9.17, 15) is 14.7 Å². The fourth-order valence-corrected chi connectivity index (χ4v) is 0.442. The van der Waals surface area contributed by atoms with Crippen LogP contribution in [0.2, 0.25) is 0 Å². The number of hydrogen-bond donors (Lipinski definition) is 1. The molecule has 52 valence electrons. The van der Waals surface area contributed by atoms with Crippen LogP contribution in [0.1, 0.15) is 13.3 Å². The summed E-state index contributed by atoms with van der Waals surface area (Å²) in [5.41, 5.74) is 0. The van der Waals surface area contributed by atoms with Crippen LogP contribution in [0, 0.1) is 5.92 Å². The molecule has 1 N–H and O–H groups in total. The molecule has 0 aromatic rings. The van der Waals surface area contributed by atoms with Crippen LogP contribution in [0.5, 0.6) is 0 Å². The van der Waals surface area contributed by atoms with Gasteiger partial charge in [-0.2, -0.15) is 0 Å². The van der Waals surface area contributed by atoms with Crippen LogP contribution in [0.15, 0.2) is 0 Å². The van der Waals surface area contributed by atoms with Crippen molar-refractivity contribution in [3.8, 4) is 0 Å². The quantitative estimate of drug-likeness (QED) is 0.344. The Balaban J connectivity index is 0. The molecule has 10 heavy (non-hydrogen) atoms. The van der Waals surface area contributed by atoms with Crippen molar-refractivity contribution in [3.05, 3.63) is 0 Å². The first-order valence-electron chi connectivity index (χ1n) is 2.53. The van der Waals surface area contributed by atoms with E-state index in [0.29, 0.717) is 0 Å². The van der Waals surface area contributed by atoms with Crippen molar-refractivity contribution >= 4 is 11.9 Å². The summed E-state index contributed by atoms with van der Waals surface area (Å²) in [5.74, 6) is -4.22. The van der Waals surface area contributed by atoms with E-state index in [4.69, 9.17) is 5.11 Å². The van der Waals surface area contributed by atoms with Gasteiger partial charge in [-0.1, -0.05) is 6.92 Å². The predicted molar refractivity (Wildman–Crippen MR) is 26.4 cm³/mol. The van der Waals surface area contributed by atoms with E-state index in [1.165, 1.54) is 6.92 Å². The van der Waals surface area contributed by atoms with E-state index >= 15 is 0 Å². The molecule has 4 nitrogen and oxygen atoms in total. The first-order valence-corrected chi connectivity index (χ1v) is 2.53. The maximum atomic E-state index is 9.95. The van der Waals surface area contributed by atoms with Crippen molar-refractivity contribution < 1.29 is 71.2 Å². The summed E-state index contributed by atoms with van der Waals surface area (Å²) in [6.07, 6.45) is 0.0671. The number of aliphatic carboxylic acids is 2. The maximum Gasteiger partial charge on any atom is 1.00 e. The average Bonchev–Trinajstić information content (AvgIpc) is 1.64. The van der Waals surface area contributed by atoms with Crippen LogP contribution in [0.4, 0.5) is 0 Å². The summed E-state index contributed by atoms with van der Waals surface area (Å²) in [6, 6.07) is 0. The minimum absolute atomic E-state index is 0. The Morgan fingerprint density at radius 2 is 2.00 bits per heavy atom. The molecule has 0 aliphatic carbocycles. The number of carboxylic acid groups (broad SMARTS) is 2. The molecule has 1 atom stereocenters. The van der Waals surface area contributed by atoms with E-state index < -0.39 is 17.9 Å². The van der Waals surface area contributed by atoms with Crippen molar-refractivity contribution in [2.24, 2.45) is 5.92 Å². The first-order chi connectivity index (χ1) is 4.09. The molecule has 0 aromatic carbocycles. The molecule has 0 aliphatic rings. The zero-order chi connectivity index (χ0) is 7.44. The molecule has 0 rings (SSSR count). The fourth-order valence-electron chi connectivity index (χ4n) is 0.442. The van der Waals surface area contributed by atoms with Crippen LogP contribution >= 0.6 is 0 Å². The van der Waals surface area contributed by atoms with Crippen LogP contribution < -0.4 is 56.5 Å². The van der Waals surface area contributed by atoms with Gasteiger partial charge in [0.15, 0.2) is 0 Å². The van der Waals surface area contributed by atoms with Crippen molar-refractivity contribution in [3.63, 3.8) is 0 Å². The topological polar surface area (TPSA) is 77.4 Å². The van der Waals surface area contributed by atoms with Gasteiger partial charge < -0.3 is 15.0 Å². The monoisotopic (exact) mass is 170 g/mol. The molecule has 1 unspecified atom stereocenters. The molecule has 0 spiro atoms. The first kappa shape index (κ1) is 13.2. The Kier molecular flexibility index (Phi) is 8.30. The molecular weight excluding hydrogens is 163 g/mol. The van der Waals surface area contributed by atoms with Gasteiger partial charge in [-0.05, 0) is 6.42 Å². The second kappa shape index (κ2) is 6.30. The molecule has 0 fully saturated rings. The molecule has 0 saturated carbocycles. The van der Waals surface area contributed by atoms with Crippen molar-refractivity contribution in [2.45, 2.75) is 13.3 Å². The van der Waals surface area contributed by atoms with E-state index in [1.54, 1.807) is 0 Å². The van der Waals surface area contributed by atoms with Gasteiger partial charge in [-0.15, -0.1) is 0 Å². The zero-order valence-corrected chi connectivity index (χ0v) is 9.08. The number of rotatable bonds is 3. The molecule has 0 heterocycles. The zero-order valence-electron chi connectivity index (χ0n) is 5.96. The van der Waals surface area contributed by atoms with Gasteiger partial charge in [0.2, 0.25) is 0 Å². The summed E-state index contributed by atoms with van der Waals surface area (Å²) in [5, 5.41) is 18.0. The maximum absolute atomic E-state index is 9.95. The molecule has 0 saturated heterocycles. The number of carboxylic acids is 2. The van der Waals surface area contributed by atoms with Crippen LogP contribution in [-0.2, 0) is 9.59 Å². The molecular formula is C5H7KO4. The van der Waals surface area contributed by atoms with Gasteiger partial charge in [0.1, 0.15) is 0 Å². The Morgan fingerprint density at radius 1 is 1.60 bits per heavy atom. The summed E-state index contributed by atoms with van der Waals surface area (Å²) in [7, 11) is 0. The van der Waals surface area contributed by atoms with Crippen molar-refractivity contribution in [1.29, 1.82) is 0 Å². The predicted octanol–water partition coefficient (Wildman–Crippen LogP) is -4.15. The third-order valence-corrected chi connectivity index (χ3v) is 0.991. The van der Waals surface area contributed by atoms with Crippen LogP contribution in [0.25, 0.3) is 0 Å². The molecule has 0 radical (unpaired) electrons. The Labute approximate surface area is 101 Å².